The predicted molar refractivity (Wildman–Crippen MR) is 69.7 cm³/mol. The number of aryl methyl sites for hydroxylation is 2. The first-order valence-electron chi connectivity index (χ1n) is 5.83. The SMILES string of the molecule is Cc1cc2oc(=O)cc(C)c2cc1OC(C)C(=O)O. The van der Waals surface area contributed by atoms with Crippen molar-refractivity contribution in [3.8, 4) is 5.75 Å². The van der Waals surface area contributed by atoms with E-state index in [1.165, 1.54) is 13.0 Å². The Morgan fingerprint density at radius 2 is 1.95 bits per heavy atom. The van der Waals surface area contributed by atoms with Crippen LogP contribution in [0.25, 0.3) is 11.0 Å². The number of fused-ring (bicyclic) bond motifs is 1. The van der Waals surface area contributed by atoms with Gasteiger partial charge in [0.05, 0.1) is 0 Å². The van der Waals surface area contributed by atoms with Crippen LogP contribution < -0.4 is 10.4 Å². The Kier molecular flexibility index (Phi) is 3.29. The van der Waals surface area contributed by atoms with E-state index in [-0.39, 0.29) is 0 Å². The van der Waals surface area contributed by atoms with Crippen molar-refractivity contribution < 1.29 is 19.1 Å². The van der Waals surface area contributed by atoms with E-state index in [2.05, 4.69) is 0 Å². The molecular weight excluding hydrogens is 248 g/mol. The molecule has 0 saturated carbocycles. The van der Waals surface area contributed by atoms with Gasteiger partial charge in [-0.1, -0.05) is 0 Å². The summed E-state index contributed by atoms with van der Waals surface area (Å²) in [6, 6.07) is 4.76. The van der Waals surface area contributed by atoms with Crippen molar-refractivity contribution in [2.75, 3.05) is 0 Å². The Labute approximate surface area is 109 Å². The van der Waals surface area contributed by atoms with Crippen LogP contribution in [0.2, 0.25) is 0 Å². The van der Waals surface area contributed by atoms with Gasteiger partial charge in [0.1, 0.15) is 11.3 Å². The molecule has 19 heavy (non-hydrogen) atoms. The number of hydrogen-bond acceptors (Lipinski definition) is 4. The number of carboxylic acids is 1. The van der Waals surface area contributed by atoms with E-state index >= 15 is 0 Å². The second-order valence-corrected chi connectivity index (χ2v) is 4.46. The summed E-state index contributed by atoms with van der Waals surface area (Å²) >= 11 is 0. The number of carboxylic acid groups (broad SMARTS) is 1. The van der Waals surface area contributed by atoms with Crippen LogP contribution in [0.15, 0.2) is 27.4 Å². The van der Waals surface area contributed by atoms with Crippen molar-refractivity contribution in [2.45, 2.75) is 26.9 Å². The molecule has 0 aliphatic rings. The lowest BCUT2D eigenvalue weighted by atomic mass is 10.1. The van der Waals surface area contributed by atoms with E-state index in [9.17, 15) is 9.59 Å². The molecule has 0 spiro atoms. The average Bonchev–Trinajstić information content (AvgIpc) is 2.30. The molecular formula is C14H14O5. The third-order valence-electron chi connectivity index (χ3n) is 2.90. The van der Waals surface area contributed by atoms with Gasteiger partial charge in [-0.3, -0.25) is 0 Å². The maximum atomic E-state index is 11.3. The number of benzene rings is 1. The van der Waals surface area contributed by atoms with Gasteiger partial charge in [0, 0.05) is 11.5 Å². The third kappa shape index (κ3) is 2.59. The summed E-state index contributed by atoms with van der Waals surface area (Å²) in [6.07, 6.45) is -0.938. The summed E-state index contributed by atoms with van der Waals surface area (Å²) in [6.45, 7) is 5.02. The molecule has 100 valence electrons. The summed E-state index contributed by atoms with van der Waals surface area (Å²) in [4.78, 5) is 22.1. The van der Waals surface area contributed by atoms with Gasteiger partial charge in [0.25, 0.3) is 0 Å². The zero-order chi connectivity index (χ0) is 14.2. The largest absolute Gasteiger partial charge is 0.479 e. The van der Waals surface area contributed by atoms with Gasteiger partial charge >= 0.3 is 11.6 Å². The molecule has 5 heteroatoms. The van der Waals surface area contributed by atoms with Crippen molar-refractivity contribution in [3.05, 3.63) is 39.7 Å². The van der Waals surface area contributed by atoms with Crippen LogP contribution >= 0.6 is 0 Å². The van der Waals surface area contributed by atoms with Crippen molar-refractivity contribution in [1.29, 1.82) is 0 Å². The van der Waals surface area contributed by atoms with Gasteiger partial charge in [-0.2, -0.15) is 0 Å². The van der Waals surface area contributed by atoms with E-state index in [0.29, 0.717) is 16.9 Å². The minimum absolute atomic E-state index is 0.406. The zero-order valence-electron chi connectivity index (χ0n) is 10.9. The first-order chi connectivity index (χ1) is 8.88. The van der Waals surface area contributed by atoms with Gasteiger partial charge in [-0.25, -0.2) is 9.59 Å². The number of ether oxygens (including phenoxy) is 1. The third-order valence-corrected chi connectivity index (χ3v) is 2.90. The smallest absolute Gasteiger partial charge is 0.344 e. The molecule has 1 N–H and O–H groups in total. The van der Waals surface area contributed by atoms with Gasteiger partial charge in [-0.15, -0.1) is 0 Å². The van der Waals surface area contributed by atoms with E-state index in [1.54, 1.807) is 26.0 Å². The second-order valence-electron chi connectivity index (χ2n) is 4.46. The van der Waals surface area contributed by atoms with Crippen LogP contribution in [0.3, 0.4) is 0 Å². The Balaban J connectivity index is 2.55. The number of carbonyl (C=O) groups is 1. The lowest BCUT2D eigenvalue weighted by Crippen LogP contribution is -2.23. The summed E-state index contributed by atoms with van der Waals surface area (Å²) in [5, 5.41) is 9.59. The van der Waals surface area contributed by atoms with Gasteiger partial charge in [0.2, 0.25) is 0 Å². The summed E-state index contributed by atoms with van der Waals surface area (Å²) < 4.78 is 10.5. The topological polar surface area (TPSA) is 76.7 Å². The monoisotopic (exact) mass is 262 g/mol. The fraction of sp³-hybridized carbons (Fsp3) is 0.286. The number of rotatable bonds is 3. The Morgan fingerprint density at radius 3 is 2.58 bits per heavy atom. The molecule has 0 bridgehead atoms. The molecule has 0 amide bonds. The maximum Gasteiger partial charge on any atom is 0.344 e. The number of aliphatic carboxylic acids is 1. The average molecular weight is 262 g/mol. The van der Waals surface area contributed by atoms with Crippen molar-refractivity contribution in [2.24, 2.45) is 0 Å². The van der Waals surface area contributed by atoms with Gasteiger partial charge in [0.15, 0.2) is 6.10 Å². The van der Waals surface area contributed by atoms with Gasteiger partial charge in [-0.05, 0) is 44.0 Å². The van der Waals surface area contributed by atoms with Crippen molar-refractivity contribution in [3.63, 3.8) is 0 Å². The lowest BCUT2D eigenvalue weighted by Gasteiger charge is -2.13. The zero-order valence-corrected chi connectivity index (χ0v) is 10.9. The fourth-order valence-corrected chi connectivity index (χ4v) is 1.81. The molecule has 0 fully saturated rings. The lowest BCUT2D eigenvalue weighted by molar-refractivity contribution is -0.144. The van der Waals surface area contributed by atoms with Crippen LogP contribution in [0.5, 0.6) is 5.75 Å². The van der Waals surface area contributed by atoms with E-state index in [0.717, 1.165) is 10.9 Å². The molecule has 1 aromatic heterocycles. The molecule has 2 aromatic rings. The maximum absolute atomic E-state index is 11.3. The first-order valence-corrected chi connectivity index (χ1v) is 5.83. The molecule has 0 aliphatic heterocycles. The van der Waals surface area contributed by atoms with E-state index in [1.807, 2.05) is 0 Å². The standard InChI is InChI=1S/C14H14O5/c1-7-5-13(15)19-12-4-8(2)11(6-10(7)12)18-9(3)14(16)17/h4-6,9H,1-3H3,(H,16,17). The normalized spacial score (nSPS) is 12.4. The summed E-state index contributed by atoms with van der Waals surface area (Å²) in [5.41, 5.74) is 1.54. The van der Waals surface area contributed by atoms with Crippen LogP contribution in [0.4, 0.5) is 0 Å². The molecule has 1 aromatic carbocycles. The fourth-order valence-electron chi connectivity index (χ4n) is 1.81. The highest BCUT2D eigenvalue weighted by Gasteiger charge is 2.15. The molecule has 0 radical (unpaired) electrons. The minimum Gasteiger partial charge on any atom is -0.479 e. The van der Waals surface area contributed by atoms with Crippen LogP contribution in [0, 0.1) is 13.8 Å². The Bertz CT molecular complexity index is 699. The number of hydrogen-bond donors (Lipinski definition) is 1. The van der Waals surface area contributed by atoms with Gasteiger partial charge < -0.3 is 14.3 Å². The van der Waals surface area contributed by atoms with Crippen molar-refractivity contribution >= 4 is 16.9 Å². The molecule has 1 heterocycles. The van der Waals surface area contributed by atoms with E-state index < -0.39 is 17.7 Å². The first kappa shape index (κ1) is 13.1. The van der Waals surface area contributed by atoms with E-state index in [4.69, 9.17) is 14.3 Å². The second kappa shape index (κ2) is 4.76. The highest BCUT2D eigenvalue weighted by molar-refractivity contribution is 5.83. The molecule has 0 aliphatic carbocycles. The highest BCUT2D eigenvalue weighted by Crippen LogP contribution is 2.27. The quantitative estimate of drug-likeness (QED) is 0.858. The molecule has 5 nitrogen and oxygen atoms in total. The van der Waals surface area contributed by atoms with Crippen molar-refractivity contribution in [1.82, 2.24) is 0 Å². The van der Waals surface area contributed by atoms with Crippen LogP contribution in [-0.4, -0.2) is 17.2 Å². The summed E-state index contributed by atoms with van der Waals surface area (Å²) in [7, 11) is 0. The molecule has 0 saturated heterocycles. The van der Waals surface area contributed by atoms with Crippen LogP contribution in [-0.2, 0) is 4.79 Å². The predicted octanol–water partition coefficient (Wildman–Crippen LogP) is 2.26. The van der Waals surface area contributed by atoms with Crippen LogP contribution in [0.1, 0.15) is 18.1 Å². The molecule has 2 rings (SSSR count). The Morgan fingerprint density at radius 1 is 1.26 bits per heavy atom. The molecule has 1 atom stereocenters. The summed E-state index contributed by atoms with van der Waals surface area (Å²) in [5.74, 6) is -0.560. The highest BCUT2D eigenvalue weighted by atomic mass is 16.5. The minimum atomic E-state index is -1.03. The Hall–Kier alpha value is -2.30. The molecule has 1 unspecified atom stereocenters.